The predicted octanol–water partition coefficient (Wildman–Crippen LogP) is 1.59. The van der Waals surface area contributed by atoms with Crippen LogP contribution in [-0.4, -0.2) is 41.0 Å². The van der Waals surface area contributed by atoms with Gasteiger partial charge in [0.15, 0.2) is 5.75 Å². The van der Waals surface area contributed by atoms with Gasteiger partial charge in [0.25, 0.3) is 5.69 Å². The zero-order valence-corrected chi connectivity index (χ0v) is 14.5. The van der Waals surface area contributed by atoms with Crippen LogP contribution in [0.4, 0.5) is 17.1 Å². The number of amides is 1. The van der Waals surface area contributed by atoms with E-state index in [4.69, 9.17) is 9.84 Å². The van der Waals surface area contributed by atoms with Crippen LogP contribution in [0.5, 0.6) is 5.75 Å². The molecule has 1 heterocycles. The van der Waals surface area contributed by atoms with Crippen molar-refractivity contribution in [2.24, 2.45) is 0 Å². The minimum absolute atomic E-state index is 0.0243. The van der Waals surface area contributed by atoms with Crippen molar-refractivity contribution in [1.82, 2.24) is 0 Å². The SMILES string of the molecule is O=C(O)Cc1ccc(NC(=O)CN2CC(=O)Oc3cc([N+](=O)[O-])ccc32)cc1. The molecule has 0 bridgehead atoms. The molecule has 1 amide bonds. The van der Waals surface area contributed by atoms with Crippen LogP contribution in [-0.2, 0) is 20.8 Å². The topological polar surface area (TPSA) is 139 Å². The van der Waals surface area contributed by atoms with Crippen molar-refractivity contribution < 1.29 is 29.2 Å². The summed E-state index contributed by atoms with van der Waals surface area (Å²) in [5.74, 6) is -1.97. The van der Waals surface area contributed by atoms with Crippen LogP contribution >= 0.6 is 0 Å². The van der Waals surface area contributed by atoms with E-state index in [2.05, 4.69) is 5.32 Å². The van der Waals surface area contributed by atoms with Crippen molar-refractivity contribution in [3.05, 3.63) is 58.1 Å². The summed E-state index contributed by atoms with van der Waals surface area (Å²) in [4.78, 5) is 46.5. The van der Waals surface area contributed by atoms with Gasteiger partial charge in [-0.15, -0.1) is 0 Å². The molecule has 2 aromatic rings. The molecule has 0 saturated carbocycles. The maximum Gasteiger partial charge on any atom is 0.331 e. The fourth-order valence-electron chi connectivity index (χ4n) is 2.75. The lowest BCUT2D eigenvalue weighted by Crippen LogP contribution is -2.41. The lowest BCUT2D eigenvalue weighted by molar-refractivity contribution is -0.384. The van der Waals surface area contributed by atoms with Crippen molar-refractivity contribution in [1.29, 1.82) is 0 Å². The van der Waals surface area contributed by atoms with E-state index in [1.165, 1.54) is 17.0 Å². The molecule has 0 aromatic heterocycles. The number of benzene rings is 2. The molecular weight excluding hydrogens is 370 g/mol. The molecule has 2 N–H and O–H groups in total. The van der Waals surface area contributed by atoms with E-state index in [9.17, 15) is 24.5 Å². The summed E-state index contributed by atoms with van der Waals surface area (Å²) in [6.45, 7) is -0.341. The monoisotopic (exact) mass is 385 g/mol. The smallest absolute Gasteiger partial charge is 0.331 e. The molecule has 0 fully saturated rings. The Hall–Kier alpha value is -3.95. The zero-order valence-electron chi connectivity index (χ0n) is 14.5. The number of aliphatic carboxylic acids is 1. The molecule has 0 atom stereocenters. The molecule has 1 aliphatic rings. The van der Waals surface area contributed by atoms with Crippen LogP contribution in [0.1, 0.15) is 5.56 Å². The van der Waals surface area contributed by atoms with Crippen molar-refractivity contribution in [2.75, 3.05) is 23.3 Å². The standard InChI is InChI=1S/C18H15N3O7/c22-16(19-12-3-1-11(2-4-12)7-17(23)24)9-20-10-18(25)28-15-8-13(21(26)27)5-6-14(15)20/h1-6,8H,7,9-10H2,(H,19,22)(H,23,24). The number of carbonyl (C=O) groups is 3. The Morgan fingerprint density at radius 3 is 2.57 bits per heavy atom. The molecular formula is C18H15N3O7. The molecule has 10 nitrogen and oxygen atoms in total. The first-order chi connectivity index (χ1) is 13.3. The highest BCUT2D eigenvalue weighted by Crippen LogP contribution is 2.35. The van der Waals surface area contributed by atoms with Gasteiger partial charge in [0, 0.05) is 11.8 Å². The molecule has 3 rings (SSSR count). The van der Waals surface area contributed by atoms with E-state index >= 15 is 0 Å². The number of hydrogen-bond donors (Lipinski definition) is 2. The molecule has 2 aromatic carbocycles. The maximum atomic E-state index is 12.3. The Kier molecular flexibility index (Phi) is 5.21. The third kappa shape index (κ3) is 4.41. The van der Waals surface area contributed by atoms with Gasteiger partial charge in [0.2, 0.25) is 5.91 Å². The third-order valence-corrected chi connectivity index (χ3v) is 3.97. The Labute approximate surface area is 158 Å². The molecule has 1 aliphatic heterocycles. The highest BCUT2D eigenvalue weighted by molar-refractivity contribution is 5.96. The second kappa shape index (κ2) is 7.74. The first-order valence-corrected chi connectivity index (χ1v) is 8.16. The Morgan fingerprint density at radius 2 is 1.93 bits per heavy atom. The van der Waals surface area contributed by atoms with Gasteiger partial charge < -0.3 is 20.1 Å². The number of carboxylic acids is 1. The summed E-state index contributed by atoms with van der Waals surface area (Å²) in [7, 11) is 0. The second-order valence-electron chi connectivity index (χ2n) is 6.05. The number of anilines is 2. The Bertz CT molecular complexity index is 956. The Balaban J connectivity index is 1.70. The fourth-order valence-corrected chi connectivity index (χ4v) is 2.75. The number of non-ortho nitro benzene ring substituents is 1. The molecule has 0 spiro atoms. The number of nitrogens with zero attached hydrogens (tertiary/aromatic N) is 2. The average molecular weight is 385 g/mol. The first kappa shape index (κ1) is 18.8. The molecule has 0 saturated heterocycles. The van der Waals surface area contributed by atoms with Gasteiger partial charge in [-0.05, 0) is 23.8 Å². The second-order valence-corrected chi connectivity index (χ2v) is 6.05. The maximum absolute atomic E-state index is 12.3. The highest BCUT2D eigenvalue weighted by atomic mass is 16.6. The first-order valence-electron chi connectivity index (χ1n) is 8.16. The normalized spacial score (nSPS) is 12.7. The number of carbonyl (C=O) groups excluding carboxylic acids is 2. The van der Waals surface area contributed by atoms with Gasteiger partial charge in [-0.1, -0.05) is 12.1 Å². The number of hydrogen-bond acceptors (Lipinski definition) is 7. The van der Waals surface area contributed by atoms with Crippen molar-refractivity contribution in [3.8, 4) is 5.75 Å². The molecule has 0 unspecified atom stereocenters. The Morgan fingerprint density at radius 1 is 1.21 bits per heavy atom. The average Bonchev–Trinajstić information content (AvgIpc) is 2.62. The van der Waals surface area contributed by atoms with E-state index in [0.717, 1.165) is 6.07 Å². The lowest BCUT2D eigenvalue weighted by Gasteiger charge is -2.28. The van der Waals surface area contributed by atoms with Gasteiger partial charge in [-0.2, -0.15) is 0 Å². The van der Waals surface area contributed by atoms with Crippen molar-refractivity contribution in [2.45, 2.75) is 6.42 Å². The number of esters is 1. The van der Waals surface area contributed by atoms with Gasteiger partial charge >= 0.3 is 11.9 Å². The number of ether oxygens (including phenoxy) is 1. The molecule has 10 heteroatoms. The minimum atomic E-state index is -0.951. The third-order valence-electron chi connectivity index (χ3n) is 3.97. The minimum Gasteiger partial charge on any atom is -0.481 e. The summed E-state index contributed by atoms with van der Waals surface area (Å²) < 4.78 is 5.03. The fraction of sp³-hybridized carbons (Fsp3) is 0.167. The summed E-state index contributed by atoms with van der Waals surface area (Å²) in [6.07, 6.45) is -0.118. The molecule has 28 heavy (non-hydrogen) atoms. The quantitative estimate of drug-likeness (QED) is 0.331. The molecule has 0 aliphatic carbocycles. The van der Waals surface area contributed by atoms with E-state index in [0.29, 0.717) is 16.9 Å². The largest absolute Gasteiger partial charge is 0.481 e. The number of nitrogens with one attached hydrogen (secondary N) is 1. The number of rotatable bonds is 6. The van der Waals surface area contributed by atoms with Gasteiger partial charge in [-0.25, -0.2) is 4.79 Å². The van der Waals surface area contributed by atoms with Crippen molar-refractivity contribution >= 4 is 34.9 Å². The van der Waals surface area contributed by atoms with Crippen LogP contribution in [0.25, 0.3) is 0 Å². The summed E-state index contributed by atoms with van der Waals surface area (Å²) >= 11 is 0. The van der Waals surface area contributed by atoms with Crippen molar-refractivity contribution in [3.63, 3.8) is 0 Å². The van der Waals surface area contributed by atoms with E-state index in [-0.39, 0.29) is 30.9 Å². The summed E-state index contributed by atoms with van der Waals surface area (Å²) in [5.41, 5.74) is 1.25. The van der Waals surface area contributed by atoms with E-state index in [1.807, 2.05) is 0 Å². The zero-order chi connectivity index (χ0) is 20.3. The molecule has 144 valence electrons. The van der Waals surface area contributed by atoms with Crippen LogP contribution in [0.3, 0.4) is 0 Å². The lowest BCUT2D eigenvalue weighted by atomic mass is 10.1. The summed E-state index contributed by atoms with van der Waals surface area (Å²) in [6, 6.07) is 10.2. The van der Waals surface area contributed by atoms with Crippen LogP contribution in [0.2, 0.25) is 0 Å². The number of fused-ring (bicyclic) bond motifs is 1. The van der Waals surface area contributed by atoms with Crippen LogP contribution in [0.15, 0.2) is 42.5 Å². The van der Waals surface area contributed by atoms with Gasteiger partial charge in [-0.3, -0.25) is 19.7 Å². The predicted molar refractivity (Wildman–Crippen MR) is 97.4 cm³/mol. The highest BCUT2D eigenvalue weighted by Gasteiger charge is 2.27. The van der Waals surface area contributed by atoms with Crippen LogP contribution < -0.4 is 15.0 Å². The van der Waals surface area contributed by atoms with Gasteiger partial charge in [0.05, 0.1) is 29.6 Å². The number of nitro benzene ring substituents is 1. The van der Waals surface area contributed by atoms with E-state index in [1.54, 1.807) is 24.3 Å². The molecule has 0 radical (unpaired) electrons. The number of carboxylic acid groups (broad SMARTS) is 1. The number of nitro groups is 1. The van der Waals surface area contributed by atoms with Crippen LogP contribution in [0, 0.1) is 10.1 Å². The van der Waals surface area contributed by atoms with Gasteiger partial charge in [0.1, 0.15) is 6.54 Å². The van der Waals surface area contributed by atoms with E-state index < -0.39 is 22.8 Å². The summed E-state index contributed by atoms with van der Waals surface area (Å²) in [5, 5.41) is 22.3.